The maximum absolute atomic E-state index is 14.2. The second-order valence-corrected chi connectivity index (χ2v) is 10.4. The van der Waals surface area contributed by atoms with E-state index in [1.165, 1.54) is 12.0 Å². The van der Waals surface area contributed by atoms with E-state index in [0.717, 1.165) is 61.2 Å². The highest BCUT2D eigenvalue weighted by Crippen LogP contribution is 2.42. The van der Waals surface area contributed by atoms with Crippen LogP contribution < -0.4 is 10.2 Å². The molecule has 37 heavy (non-hydrogen) atoms. The van der Waals surface area contributed by atoms with Crippen LogP contribution in [0.2, 0.25) is 0 Å². The highest BCUT2D eigenvalue weighted by molar-refractivity contribution is 6.00. The van der Waals surface area contributed by atoms with Crippen LogP contribution in [0.1, 0.15) is 74.7 Å². The molecule has 5 rings (SSSR count). The fourth-order valence-electron chi connectivity index (χ4n) is 5.68. The molecular formula is C31H38N4O2. The summed E-state index contributed by atoms with van der Waals surface area (Å²) in [7, 11) is 0. The summed E-state index contributed by atoms with van der Waals surface area (Å²) in [5.74, 6) is -0.0691. The van der Waals surface area contributed by atoms with E-state index < -0.39 is 0 Å². The van der Waals surface area contributed by atoms with Gasteiger partial charge in [0.1, 0.15) is 12.6 Å². The van der Waals surface area contributed by atoms with Crippen LogP contribution in [0.4, 0.5) is 10.5 Å². The largest absolute Gasteiger partial charge is 0.335 e. The molecule has 0 saturated heterocycles. The number of hydrogen-bond acceptors (Lipinski definition) is 2. The van der Waals surface area contributed by atoms with Crippen molar-refractivity contribution >= 4 is 17.6 Å². The molecule has 0 spiro atoms. The maximum atomic E-state index is 14.2. The minimum Gasteiger partial charge on any atom is -0.335 e. The maximum Gasteiger partial charge on any atom is 0.318 e. The van der Waals surface area contributed by atoms with Gasteiger partial charge in [0.05, 0.1) is 17.1 Å². The fraction of sp³-hybridized carbons (Fsp3) is 0.419. The number of fused-ring (bicyclic) bond motifs is 3. The second-order valence-electron chi connectivity index (χ2n) is 10.4. The van der Waals surface area contributed by atoms with Crippen LogP contribution in [-0.4, -0.2) is 40.5 Å². The lowest BCUT2D eigenvalue weighted by Gasteiger charge is -2.39. The van der Waals surface area contributed by atoms with E-state index >= 15 is 0 Å². The van der Waals surface area contributed by atoms with E-state index in [2.05, 4.69) is 66.3 Å². The van der Waals surface area contributed by atoms with Crippen molar-refractivity contribution in [3.05, 3.63) is 83.7 Å². The fourth-order valence-corrected chi connectivity index (χ4v) is 5.68. The first-order valence-electron chi connectivity index (χ1n) is 13.8. The Morgan fingerprint density at radius 1 is 0.946 bits per heavy atom. The zero-order valence-corrected chi connectivity index (χ0v) is 22.0. The predicted molar refractivity (Wildman–Crippen MR) is 148 cm³/mol. The number of aromatic nitrogens is 1. The highest BCUT2D eigenvalue weighted by Gasteiger charge is 2.37. The number of amides is 3. The predicted octanol–water partition coefficient (Wildman–Crippen LogP) is 6.37. The Kier molecular flexibility index (Phi) is 7.63. The van der Waals surface area contributed by atoms with Crippen molar-refractivity contribution in [2.75, 3.05) is 18.0 Å². The number of unbranched alkanes of at least 4 members (excludes halogenated alkanes) is 1. The average molecular weight is 499 g/mol. The molecule has 1 aliphatic heterocycles. The number of nitrogens with zero attached hydrogens (tertiary/aromatic N) is 3. The molecule has 1 aliphatic carbocycles. The lowest BCUT2D eigenvalue weighted by atomic mass is 9.96. The molecule has 1 N–H and O–H groups in total. The van der Waals surface area contributed by atoms with Gasteiger partial charge in [-0.3, -0.25) is 9.69 Å². The average Bonchev–Trinajstić information content (AvgIpc) is 3.41. The Balaban J connectivity index is 1.47. The molecule has 6 heteroatoms. The highest BCUT2D eigenvalue weighted by atomic mass is 16.2. The van der Waals surface area contributed by atoms with Crippen LogP contribution in [0.5, 0.6) is 0 Å². The van der Waals surface area contributed by atoms with Crippen LogP contribution in [-0.2, 0) is 4.79 Å². The van der Waals surface area contributed by atoms with Gasteiger partial charge < -0.3 is 14.8 Å². The molecule has 3 amide bonds. The number of anilines is 1. The molecule has 194 valence electrons. The SMILES string of the molecule is CCCCN(CC(=O)N1c2ccccc2-n2cccc2C1c1ccc(C)cc1)C(=O)NC1CCCCC1. The molecule has 1 atom stereocenters. The molecule has 1 fully saturated rings. The van der Waals surface area contributed by atoms with Gasteiger partial charge in [-0.25, -0.2) is 4.79 Å². The summed E-state index contributed by atoms with van der Waals surface area (Å²) >= 11 is 0. The Hall–Kier alpha value is -3.54. The van der Waals surface area contributed by atoms with Gasteiger partial charge in [0.25, 0.3) is 0 Å². The van der Waals surface area contributed by atoms with Gasteiger partial charge >= 0.3 is 6.03 Å². The lowest BCUT2D eigenvalue weighted by molar-refractivity contribution is -0.119. The molecule has 0 bridgehead atoms. The van der Waals surface area contributed by atoms with Crippen molar-refractivity contribution in [1.29, 1.82) is 0 Å². The molecule has 2 aliphatic rings. The Morgan fingerprint density at radius 3 is 2.41 bits per heavy atom. The Labute approximate surface area is 220 Å². The molecule has 0 radical (unpaired) electrons. The van der Waals surface area contributed by atoms with E-state index in [1.54, 1.807) is 4.90 Å². The van der Waals surface area contributed by atoms with Gasteiger partial charge in [-0.1, -0.05) is 74.6 Å². The quantitative estimate of drug-likeness (QED) is 0.412. The van der Waals surface area contributed by atoms with Gasteiger partial charge in [-0.05, 0) is 56.0 Å². The molecule has 6 nitrogen and oxygen atoms in total. The second kappa shape index (κ2) is 11.2. The Morgan fingerprint density at radius 2 is 1.68 bits per heavy atom. The molecular weight excluding hydrogens is 460 g/mol. The first-order chi connectivity index (χ1) is 18.1. The van der Waals surface area contributed by atoms with Gasteiger partial charge in [-0.15, -0.1) is 0 Å². The van der Waals surface area contributed by atoms with Gasteiger partial charge in [-0.2, -0.15) is 0 Å². The van der Waals surface area contributed by atoms with E-state index in [1.807, 2.05) is 29.2 Å². The first kappa shape index (κ1) is 25.1. The van der Waals surface area contributed by atoms with Crippen molar-refractivity contribution in [2.24, 2.45) is 0 Å². The van der Waals surface area contributed by atoms with Crippen LogP contribution >= 0.6 is 0 Å². The van der Waals surface area contributed by atoms with Gasteiger partial charge in [0.15, 0.2) is 0 Å². The van der Waals surface area contributed by atoms with E-state index in [9.17, 15) is 9.59 Å². The summed E-state index contributed by atoms with van der Waals surface area (Å²) in [4.78, 5) is 31.2. The van der Waals surface area contributed by atoms with Crippen molar-refractivity contribution in [3.8, 4) is 5.69 Å². The number of urea groups is 1. The third kappa shape index (κ3) is 5.29. The van der Waals surface area contributed by atoms with Crippen molar-refractivity contribution in [1.82, 2.24) is 14.8 Å². The van der Waals surface area contributed by atoms with Crippen LogP contribution in [0, 0.1) is 6.92 Å². The van der Waals surface area contributed by atoms with Crippen molar-refractivity contribution in [2.45, 2.75) is 70.9 Å². The van der Waals surface area contributed by atoms with Crippen molar-refractivity contribution < 1.29 is 9.59 Å². The van der Waals surface area contributed by atoms with Crippen molar-refractivity contribution in [3.63, 3.8) is 0 Å². The number of para-hydroxylation sites is 2. The van der Waals surface area contributed by atoms with E-state index in [0.29, 0.717) is 6.54 Å². The smallest absolute Gasteiger partial charge is 0.318 e. The monoisotopic (exact) mass is 498 g/mol. The minimum absolute atomic E-state index is 0.0515. The van der Waals surface area contributed by atoms with Gasteiger partial charge in [0, 0.05) is 18.8 Å². The standard InChI is InChI=1S/C31H38N4O2/c1-3-4-20-33(31(37)32-25-11-6-5-7-12-25)22-29(36)35-27-14-9-8-13-26(27)34-21-10-15-28(34)30(35)24-18-16-23(2)17-19-24/h8-10,13-19,21,25,30H,3-7,11-12,20,22H2,1-2H3,(H,32,37). The molecule has 1 aromatic heterocycles. The van der Waals surface area contributed by atoms with E-state index in [4.69, 9.17) is 0 Å². The number of carbonyl (C=O) groups excluding carboxylic acids is 2. The van der Waals surface area contributed by atoms with Crippen LogP contribution in [0.25, 0.3) is 5.69 Å². The lowest BCUT2D eigenvalue weighted by Crippen LogP contribution is -2.51. The summed E-state index contributed by atoms with van der Waals surface area (Å²) in [6.45, 7) is 4.81. The number of nitrogens with one attached hydrogen (secondary N) is 1. The molecule has 2 heterocycles. The third-order valence-electron chi connectivity index (χ3n) is 7.71. The number of rotatable bonds is 7. The van der Waals surface area contributed by atoms with E-state index in [-0.39, 0.29) is 30.6 Å². The summed E-state index contributed by atoms with van der Waals surface area (Å²) in [5.41, 5.74) is 5.12. The number of aryl methyl sites for hydroxylation is 1. The number of hydrogen-bond donors (Lipinski definition) is 1. The van der Waals surface area contributed by atoms with Gasteiger partial charge in [0.2, 0.25) is 5.91 Å². The molecule has 1 saturated carbocycles. The zero-order valence-electron chi connectivity index (χ0n) is 22.0. The first-order valence-corrected chi connectivity index (χ1v) is 13.8. The minimum atomic E-state index is -0.271. The Bertz CT molecular complexity index is 1230. The normalized spacial score (nSPS) is 17.1. The summed E-state index contributed by atoms with van der Waals surface area (Å²) in [6, 6.07) is 20.4. The summed E-state index contributed by atoms with van der Waals surface area (Å²) < 4.78 is 2.17. The van der Waals surface area contributed by atoms with Crippen LogP contribution in [0.15, 0.2) is 66.9 Å². The number of carbonyl (C=O) groups is 2. The summed E-state index contributed by atoms with van der Waals surface area (Å²) in [6.07, 6.45) is 9.48. The topological polar surface area (TPSA) is 57.6 Å². The number of benzene rings is 2. The molecule has 3 aromatic rings. The molecule has 2 aromatic carbocycles. The summed E-state index contributed by atoms with van der Waals surface area (Å²) in [5, 5.41) is 3.23. The molecule has 1 unspecified atom stereocenters. The third-order valence-corrected chi connectivity index (χ3v) is 7.71. The zero-order chi connectivity index (χ0) is 25.8. The van der Waals surface area contributed by atoms with Crippen LogP contribution in [0.3, 0.4) is 0 Å².